The lowest BCUT2D eigenvalue weighted by Gasteiger charge is -2.24. The third-order valence-electron chi connectivity index (χ3n) is 4.27. The van der Waals surface area contributed by atoms with Crippen molar-refractivity contribution < 1.29 is 13.9 Å². The number of alkyl carbamates (subject to hydrolysis) is 1. The van der Waals surface area contributed by atoms with Gasteiger partial charge in [-0.25, -0.2) is 9.18 Å². The maximum absolute atomic E-state index is 13.9. The quantitative estimate of drug-likeness (QED) is 0.624. The highest BCUT2D eigenvalue weighted by Crippen LogP contribution is 2.26. The molecule has 5 nitrogen and oxygen atoms in total. The Hall–Kier alpha value is -2.86. The highest BCUT2D eigenvalue weighted by Gasteiger charge is 2.22. The first kappa shape index (κ1) is 20.9. The van der Waals surface area contributed by atoms with Crippen molar-refractivity contribution in [2.45, 2.75) is 39.3 Å². The first-order chi connectivity index (χ1) is 13.6. The number of carbonyl (C=O) groups excluding carboxylic acids is 1. The molecular formula is C22H22ClFN2O3. The van der Waals surface area contributed by atoms with Crippen molar-refractivity contribution in [1.29, 1.82) is 0 Å². The van der Waals surface area contributed by atoms with Gasteiger partial charge in [0.15, 0.2) is 0 Å². The molecule has 1 atom stereocenters. The van der Waals surface area contributed by atoms with Gasteiger partial charge in [-0.2, -0.15) is 0 Å². The second-order valence-electron chi connectivity index (χ2n) is 7.76. The van der Waals surface area contributed by atoms with Crippen LogP contribution in [0.5, 0.6) is 0 Å². The second kappa shape index (κ2) is 7.87. The SMILES string of the molecule is CC(NC(=O)OC(C)(C)C)c1cc2cccc(Cl)c2c(=O)n1-c1cccc(F)c1. The summed E-state index contributed by atoms with van der Waals surface area (Å²) in [5.41, 5.74) is -0.249. The van der Waals surface area contributed by atoms with Crippen molar-refractivity contribution in [3.63, 3.8) is 0 Å². The number of hydrogen-bond acceptors (Lipinski definition) is 3. The number of amides is 1. The molecule has 0 aliphatic heterocycles. The number of hydrogen-bond donors (Lipinski definition) is 1. The summed E-state index contributed by atoms with van der Waals surface area (Å²) in [5, 5.41) is 3.99. The smallest absolute Gasteiger partial charge is 0.408 e. The Bertz CT molecular complexity index is 1140. The zero-order chi connectivity index (χ0) is 21.3. The van der Waals surface area contributed by atoms with Crippen LogP contribution < -0.4 is 10.9 Å². The van der Waals surface area contributed by atoms with Crippen LogP contribution in [-0.2, 0) is 4.74 Å². The van der Waals surface area contributed by atoms with Gasteiger partial charge in [-0.3, -0.25) is 9.36 Å². The lowest BCUT2D eigenvalue weighted by atomic mass is 10.1. The van der Waals surface area contributed by atoms with E-state index < -0.39 is 29.1 Å². The Morgan fingerprint density at radius 3 is 2.52 bits per heavy atom. The van der Waals surface area contributed by atoms with Crippen LogP contribution in [0, 0.1) is 5.82 Å². The Morgan fingerprint density at radius 1 is 1.17 bits per heavy atom. The third kappa shape index (κ3) is 4.59. The summed E-state index contributed by atoms with van der Waals surface area (Å²) in [7, 11) is 0. The van der Waals surface area contributed by atoms with Gasteiger partial charge >= 0.3 is 6.09 Å². The van der Waals surface area contributed by atoms with Crippen LogP contribution in [0.4, 0.5) is 9.18 Å². The van der Waals surface area contributed by atoms with E-state index in [1.807, 2.05) is 0 Å². The van der Waals surface area contributed by atoms with Crippen LogP contribution in [0.1, 0.15) is 39.4 Å². The van der Waals surface area contributed by atoms with Crippen molar-refractivity contribution in [1.82, 2.24) is 9.88 Å². The number of benzene rings is 2. The fourth-order valence-corrected chi connectivity index (χ4v) is 3.36. The highest BCUT2D eigenvalue weighted by molar-refractivity contribution is 6.35. The number of rotatable bonds is 3. The molecule has 0 aliphatic rings. The topological polar surface area (TPSA) is 60.3 Å². The number of nitrogens with zero attached hydrogens (tertiary/aromatic N) is 1. The van der Waals surface area contributed by atoms with E-state index in [0.29, 0.717) is 27.2 Å². The molecule has 2 aromatic carbocycles. The van der Waals surface area contributed by atoms with Gasteiger partial charge in [0.2, 0.25) is 0 Å². The minimum absolute atomic E-state index is 0.303. The summed E-state index contributed by atoms with van der Waals surface area (Å²) in [6.45, 7) is 7.01. The standard InChI is InChI=1S/C22H22ClFN2O3/c1-13(25-21(28)29-22(2,3)4)18-11-14-7-5-10-17(23)19(14)20(27)26(18)16-9-6-8-15(24)12-16/h5-13H,1-4H3,(H,25,28). The summed E-state index contributed by atoms with van der Waals surface area (Å²) < 4.78 is 20.5. The number of aromatic nitrogens is 1. The zero-order valence-corrected chi connectivity index (χ0v) is 17.4. The van der Waals surface area contributed by atoms with Gasteiger partial charge in [0.05, 0.1) is 22.1 Å². The van der Waals surface area contributed by atoms with Gasteiger partial charge in [-0.15, -0.1) is 0 Å². The molecule has 29 heavy (non-hydrogen) atoms. The zero-order valence-electron chi connectivity index (χ0n) is 16.6. The largest absolute Gasteiger partial charge is 0.444 e. The van der Waals surface area contributed by atoms with Gasteiger partial charge < -0.3 is 10.1 Å². The molecule has 0 saturated carbocycles. The average Bonchev–Trinajstić information content (AvgIpc) is 2.59. The maximum atomic E-state index is 13.9. The first-order valence-corrected chi connectivity index (χ1v) is 9.54. The van der Waals surface area contributed by atoms with Crippen LogP contribution in [0.2, 0.25) is 5.02 Å². The molecule has 0 spiro atoms. The summed E-state index contributed by atoms with van der Waals surface area (Å²) in [5.74, 6) is -0.479. The van der Waals surface area contributed by atoms with Crippen molar-refractivity contribution in [2.24, 2.45) is 0 Å². The predicted molar refractivity (Wildman–Crippen MR) is 112 cm³/mol. The molecule has 0 aliphatic carbocycles. The van der Waals surface area contributed by atoms with Crippen molar-refractivity contribution in [3.05, 3.63) is 75.4 Å². The van der Waals surface area contributed by atoms with Crippen molar-refractivity contribution in [2.75, 3.05) is 0 Å². The molecule has 1 aromatic heterocycles. The van der Waals surface area contributed by atoms with Gasteiger partial charge in [0.1, 0.15) is 11.4 Å². The number of halogens is 2. The second-order valence-corrected chi connectivity index (χ2v) is 8.17. The fourth-order valence-electron chi connectivity index (χ4n) is 3.10. The van der Waals surface area contributed by atoms with Gasteiger partial charge in [-0.05, 0) is 63.4 Å². The van der Waals surface area contributed by atoms with Crippen LogP contribution in [0.25, 0.3) is 16.5 Å². The normalized spacial score (nSPS) is 12.6. The lowest BCUT2D eigenvalue weighted by molar-refractivity contribution is 0.0506. The van der Waals surface area contributed by atoms with E-state index in [1.54, 1.807) is 58.0 Å². The van der Waals surface area contributed by atoms with Crippen LogP contribution in [0.15, 0.2) is 53.3 Å². The number of pyridine rings is 1. The first-order valence-electron chi connectivity index (χ1n) is 9.16. The molecule has 7 heteroatoms. The van der Waals surface area contributed by atoms with Gasteiger partial charge in [0, 0.05) is 5.69 Å². The van der Waals surface area contributed by atoms with E-state index >= 15 is 0 Å². The maximum Gasteiger partial charge on any atom is 0.408 e. The van der Waals surface area contributed by atoms with E-state index in [9.17, 15) is 14.0 Å². The predicted octanol–water partition coefficient (Wildman–Crippen LogP) is 5.37. The van der Waals surface area contributed by atoms with E-state index in [4.69, 9.17) is 16.3 Å². The highest BCUT2D eigenvalue weighted by atomic mass is 35.5. The van der Waals surface area contributed by atoms with Crippen molar-refractivity contribution in [3.8, 4) is 5.69 Å². The molecule has 1 amide bonds. The molecule has 1 N–H and O–H groups in total. The Kier molecular flexibility index (Phi) is 5.66. The summed E-state index contributed by atoms with van der Waals surface area (Å²) in [6.07, 6.45) is -0.616. The van der Waals surface area contributed by atoms with E-state index in [-0.39, 0.29) is 0 Å². The van der Waals surface area contributed by atoms with E-state index in [0.717, 1.165) is 0 Å². The average molecular weight is 417 g/mol. The Morgan fingerprint density at radius 2 is 1.86 bits per heavy atom. The number of fused-ring (bicyclic) bond motifs is 1. The minimum atomic E-state index is -0.664. The summed E-state index contributed by atoms with van der Waals surface area (Å²) >= 11 is 6.26. The molecule has 152 valence electrons. The van der Waals surface area contributed by atoms with Crippen LogP contribution in [0.3, 0.4) is 0 Å². The summed E-state index contributed by atoms with van der Waals surface area (Å²) in [4.78, 5) is 25.6. The Balaban J connectivity index is 2.18. The van der Waals surface area contributed by atoms with Gasteiger partial charge in [0.25, 0.3) is 5.56 Å². The lowest BCUT2D eigenvalue weighted by Crippen LogP contribution is -2.36. The summed E-state index contributed by atoms with van der Waals surface area (Å²) in [6, 6.07) is 12.0. The molecular weight excluding hydrogens is 395 g/mol. The monoisotopic (exact) mass is 416 g/mol. The van der Waals surface area contributed by atoms with E-state index in [2.05, 4.69) is 5.32 Å². The molecule has 0 bridgehead atoms. The number of nitrogens with one attached hydrogen (secondary N) is 1. The Labute approximate surface area is 173 Å². The van der Waals surface area contributed by atoms with E-state index in [1.165, 1.54) is 22.8 Å². The van der Waals surface area contributed by atoms with Crippen molar-refractivity contribution >= 4 is 28.5 Å². The van der Waals surface area contributed by atoms with Crippen LogP contribution >= 0.6 is 11.6 Å². The third-order valence-corrected chi connectivity index (χ3v) is 4.58. The molecule has 0 radical (unpaired) electrons. The molecule has 3 rings (SSSR count). The fraction of sp³-hybridized carbons (Fsp3) is 0.273. The molecule has 1 heterocycles. The number of ether oxygens (including phenoxy) is 1. The van der Waals surface area contributed by atoms with Gasteiger partial charge in [-0.1, -0.05) is 29.8 Å². The molecule has 3 aromatic rings. The number of carbonyl (C=O) groups is 1. The molecule has 0 saturated heterocycles. The molecule has 1 unspecified atom stereocenters. The minimum Gasteiger partial charge on any atom is -0.444 e. The molecule has 0 fully saturated rings. The van der Waals surface area contributed by atoms with Crippen LogP contribution in [-0.4, -0.2) is 16.3 Å².